The molecule has 368 valence electrons. The molecule has 70 heavy (non-hydrogen) atoms. The second kappa shape index (κ2) is 23.1. The van der Waals surface area contributed by atoms with Gasteiger partial charge in [0.25, 0.3) is 5.56 Å². The van der Waals surface area contributed by atoms with E-state index in [0.29, 0.717) is 57.2 Å². The minimum atomic E-state index is -0.455. The summed E-state index contributed by atoms with van der Waals surface area (Å²) in [5, 5.41) is 15.3. The molecule has 0 atom stereocenters. The molecule has 4 aromatic carbocycles. The maximum absolute atomic E-state index is 13.0. The number of nitrogens with one attached hydrogen (secondary N) is 2. The van der Waals surface area contributed by atoms with Gasteiger partial charge in [-0.25, -0.2) is 9.97 Å². The summed E-state index contributed by atoms with van der Waals surface area (Å²) in [6.45, 7) is 29.7. The van der Waals surface area contributed by atoms with Gasteiger partial charge in [-0.1, -0.05) is 41.4 Å². The minimum Gasteiger partial charge on any atom is -0.506 e. The second-order valence-electron chi connectivity index (χ2n) is 18.3. The molecule has 1 saturated heterocycles. The molecule has 12 heteroatoms. The zero-order valence-electron chi connectivity index (χ0n) is 42.9. The fraction of sp³-hybridized carbons (Fsp3) is 0.345. The minimum absolute atomic E-state index is 0.121. The fourth-order valence-electron chi connectivity index (χ4n) is 8.86. The van der Waals surface area contributed by atoms with Crippen LogP contribution in [0.2, 0.25) is 10.0 Å². The molecule has 1 aliphatic rings. The molecule has 1 amide bonds. The molecule has 4 heterocycles. The highest BCUT2D eigenvalue weighted by atomic mass is 35.5. The maximum Gasteiger partial charge on any atom is 0.261 e. The number of carbonyl (C=O) groups is 1. The number of amides is 1. The predicted molar refractivity (Wildman–Crippen MR) is 286 cm³/mol. The summed E-state index contributed by atoms with van der Waals surface area (Å²) in [6.07, 6.45) is 5.94. The highest BCUT2D eigenvalue weighted by Gasteiger charge is 2.24. The molecule has 0 saturated carbocycles. The van der Waals surface area contributed by atoms with E-state index in [9.17, 15) is 14.7 Å². The zero-order valence-corrected chi connectivity index (χ0v) is 44.4. The second-order valence-corrected chi connectivity index (χ2v) is 19.1. The van der Waals surface area contributed by atoms with Crippen molar-refractivity contribution >= 4 is 46.0 Å². The highest BCUT2D eigenvalue weighted by Crippen LogP contribution is 2.43. The molecular weight excluding hydrogens is 920 g/mol. The lowest BCUT2D eigenvalue weighted by molar-refractivity contribution is -0.115. The van der Waals surface area contributed by atoms with Crippen LogP contribution in [0.25, 0.3) is 22.2 Å². The van der Waals surface area contributed by atoms with E-state index in [4.69, 9.17) is 37.4 Å². The van der Waals surface area contributed by atoms with Gasteiger partial charge in [0, 0.05) is 36.7 Å². The summed E-state index contributed by atoms with van der Waals surface area (Å²) in [5.74, 6) is 1.20. The van der Waals surface area contributed by atoms with Crippen LogP contribution in [0, 0.1) is 90.0 Å². The van der Waals surface area contributed by atoms with Gasteiger partial charge in [0.1, 0.15) is 41.9 Å². The van der Waals surface area contributed by atoms with Crippen LogP contribution >= 0.6 is 23.2 Å². The normalized spacial score (nSPS) is 12.0. The molecule has 1 aliphatic heterocycles. The third-order valence-corrected chi connectivity index (χ3v) is 14.8. The van der Waals surface area contributed by atoms with Gasteiger partial charge in [-0.2, -0.15) is 0 Å². The number of rotatable bonds is 10. The Bertz CT molecular complexity index is 3090. The number of carbonyl (C=O) groups excluding carboxylic acids is 1. The first-order valence-corrected chi connectivity index (χ1v) is 24.4. The summed E-state index contributed by atoms with van der Waals surface area (Å²) in [7, 11) is 0. The number of anilines is 1. The van der Waals surface area contributed by atoms with E-state index >= 15 is 0 Å². The lowest BCUT2D eigenvalue weighted by Gasteiger charge is -2.21. The van der Waals surface area contributed by atoms with Gasteiger partial charge in [0.05, 0.1) is 27.4 Å². The molecule has 0 aliphatic carbocycles. The third-order valence-electron chi connectivity index (χ3n) is 14.2. The van der Waals surface area contributed by atoms with E-state index in [1.54, 1.807) is 30.6 Å². The zero-order chi connectivity index (χ0) is 51.1. The number of aromatic amines is 1. The number of halogens is 2. The van der Waals surface area contributed by atoms with E-state index in [0.717, 1.165) is 41.0 Å². The van der Waals surface area contributed by atoms with Crippen molar-refractivity contribution in [2.45, 2.75) is 122 Å². The Balaban J connectivity index is 0.000000208. The van der Waals surface area contributed by atoms with Crippen molar-refractivity contribution in [3.63, 3.8) is 0 Å². The van der Waals surface area contributed by atoms with Crippen molar-refractivity contribution in [3.8, 4) is 28.4 Å². The molecule has 8 rings (SSSR count). The smallest absolute Gasteiger partial charge is 0.261 e. The van der Waals surface area contributed by atoms with Gasteiger partial charge >= 0.3 is 0 Å². The third kappa shape index (κ3) is 11.5. The molecule has 3 N–H and O–H groups in total. The monoisotopic (exact) mass is 984 g/mol. The summed E-state index contributed by atoms with van der Waals surface area (Å²) in [6, 6.07) is 14.5. The van der Waals surface area contributed by atoms with Crippen molar-refractivity contribution in [2.24, 2.45) is 0 Å². The van der Waals surface area contributed by atoms with Gasteiger partial charge in [-0.05, 0) is 217 Å². The molecule has 7 aromatic rings. The number of benzene rings is 4. The van der Waals surface area contributed by atoms with Crippen LogP contribution in [-0.4, -0.2) is 39.2 Å². The van der Waals surface area contributed by atoms with Crippen molar-refractivity contribution in [2.75, 3.05) is 18.5 Å². The van der Waals surface area contributed by atoms with Crippen LogP contribution in [0.3, 0.4) is 0 Å². The Morgan fingerprint density at radius 3 is 1.63 bits per heavy atom. The van der Waals surface area contributed by atoms with Crippen LogP contribution < -0.4 is 20.3 Å². The Morgan fingerprint density at radius 2 is 1.10 bits per heavy atom. The molecule has 1 fully saturated rings. The van der Waals surface area contributed by atoms with Crippen LogP contribution in [0.1, 0.15) is 102 Å². The van der Waals surface area contributed by atoms with Gasteiger partial charge < -0.3 is 29.6 Å². The number of pyridine rings is 3. The average molecular weight is 986 g/mol. The maximum atomic E-state index is 13.0. The SMILES string of the molecule is C1CCOC1.Cc1ccc(Cl)c(OCc2c(C)c(C)c(C)c(C)c2C)c1-c1c(O)c2cccnc2[nH]c1=O.Cc1cccnc1NC(=O)Cc1c(C)ccc(Cl)c1OCc1c(C)c(C)c(C)c(C)c1C. The molecule has 0 radical (unpaired) electrons. The van der Waals surface area contributed by atoms with E-state index in [-0.39, 0.29) is 23.6 Å². The first-order chi connectivity index (χ1) is 33.2. The lowest BCUT2D eigenvalue weighted by atomic mass is 9.90. The molecule has 3 aromatic heterocycles. The molecule has 0 bridgehead atoms. The molecule has 0 spiro atoms. The Morgan fingerprint density at radius 1 is 0.614 bits per heavy atom. The lowest BCUT2D eigenvalue weighted by Crippen LogP contribution is -2.17. The number of aromatic nitrogens is 3. The summed E-state index contributed by atoms with van der Waals surface area (Å²) in [5.41, 5.74) is 18.6. The molecular formula is C58H66Cl2N4O6. The van der Waals surface area contributed by atoms with E-state index in [1.807, 2.05) is 51.1 Å². The van der Waals surface area contributed by atoms with Gasteiger partial charge in [0.2, 0.25) is 5.91 Å². The standard InChI is InChI=1S/C27H27ClN2O3.C27H31ClN2O2.C4H8O/c1-13-9-10-21(28)25(33-12-20-17(5)15(3)14(2)16(4)18(20)6)22(13)23-24(31)19-8-7-11-29-26(19)30-27(23)32;1-15-10-11-24(28)26(22(15)13-25(31)30-27-16(2)9-8-12-29-27)32-14-23-20(6)18(4)17(3)19(5)21(23)7;1-2-4-5-3-1/h7-11H,12H2,1-6H3,(H2,29,30,31,32);8-12H,13-14H2,1-7H3,(H,29,30,31);1-4H2. The average Bonchev–Trinajstić information content (AvgIpc) is 3.94. The summed E-state index contributed by atoms with van der Waals surface area (Å²) >= 11 is 13.1. The number of nitrogens with zero attached hydrogens (tertiary/aromatic N) is 2. The van der Waals surface area contributed by atoms with Crippen molar-refractivity contribution in [1.82, 2.24) is 15.0 Å². The molecule has 0 unspecified atom stereocenters. The summed E-state index contributed by atoms with van der Waals surface area (Å²) < 4.78 is 17.5. The number of hydrogen-bond donors (Lipinski definition) is 3. The first kappa shape index (κ1) is 53.2. The van der Waals surface area contributed by atoms with Crippen LogP contribution in [0.5, 0.6) is 17.2 Å². The van der Waals surface area contributed by atoms with Gasteiger partial charge in [0.15, 0.2) is 0 Å². The van der Waals surface area contributed by atoms with E-state index in [1.165, 1.54) is 74.0 Å². The van der Waals surface area contributed by atoms with Crippen molar-refractivity contribution in [3.05, 3.63) is 170 Å². The predicted octanol–water partition coefficient (Wildman–Crippen LogP) is 13.8. The van der Waals surface area contributed by atoms with Gasteiger partial charge in [-0.3, -0.25) is 9.59 Å². The van der Waals surface area contributed by atoms with Crippen LogP contribution in [0.4, 0.5) is 5.82 Å². The quantitative estimate of drug-likeness (QED) is 0.123. The number of ether oxygens (including phenoxy) is 3. The topological polar surface area (TPSA) is 136 Å². The van der Waals surface area contributed by atoms with Crippen molar-refractivity contribution in [1.29, 1.82) is 0 Å². The van der Waals surface area contributed by atoms with Crippen LogP contribution in [-0.2, 0) is 29.2 Å². The molecule has 10 nitrogen and oxygen atoms in total. The largest absolute Gasteiger partial charge is 0.506 e. The fourth-order valence-corrected chi connectivity index (χ4v) is 9.31. The number of aromatic hydroxyl groups is 1. The number of H-pyrrole nitrogens is 1. The number of aryl methyl sites for hydroxylation is 3. The van der Waals surface area contributed by atoms with Crippen LogP contribution in [0.15, 0.2) is 65.7 Å². The first-order valence-electron chi connectivity index (χ1n) is 23.7. The highest BCUT2D eigenvalue weighted by molar-refractivity contribution is 6.33. The number of fused-ring (bicyclic) bond motifs is 1. The van der Waals surface area contributed by atoms with E-state index < -0.39 is 5.56 Å². The van der Waals surface area contributed by atoms with Crippen molar-refractivity contribution < 1.29 is 24.1 Å². The Hall–Kier alpha value is -6.20. The summed E-state index contributed by atoms with van der Waals surface area (Å²) in [4.78, 5) is 37.0. The van der Waals surface area contributed by atoms with Gasteiger partial charge in [-0.15, -0.1) is 0 Å². The van der Waals surface area contributed by atoms with E-state index in [2.05, 4.69) is 89.5 Å². The Labute approximate surface area is 422 Å². The Kier molecular flexibility index (Phi) is 17.6. The number of hydrogen-bond acceptors (Lipinski definition) is 8.